The van der Waals surface area contributed by atoms with Crippen LogP contribution in [0.25, 0.3) is 0 Å². The molecule has 440 valence electrons. The maximum atomic E-state index is 12.7. The minimum Gasteiger partial charge on any atom is -0.480 e. The van der Waals surface area contributed by atoms with Gasteiger partial charge < -0.3 is 25.2 Å². The molecule has 0 spiro atoms. The molecule has 2 aliphatic heterocycles. The smallest absolute Gasteiger partial charge is 0.320 e. The summed E-state index contributed by atoms with van der Waals surface area (Å²) in [4.78, 5) is 27.2. The van der Waals surface area contributed by atoms with Gasteiger partial charge in [0.15, 0.2) is 0 Å². The molecular formula is C68H116N2O7. The first-order valence-corrected chi connectivity index (χ1v) is 32.7. The van der Waals surface area contributed by atoms with Gasteiger partial charge in [-0.1, -0.05) is 103 Å². The van der Waals surface area contributed by atoms with Gasteiger partial charge in [-0.05, 0) is 270 Å². The van der Waals surface area contributed by atoms with Crippen LogP contribution in [-0.2, 0) is 14.3 Å². The lowest BCUT2D eigenvalue weighted by Crippen LogP contribution is -2.51. The number of nitrogens with zero attached hydrogens (tertiary/aromatic N) is 2. The molecule has 0 aromatic rings. The number of ether oxygens (including phenoxy) is 1. The van der Waals surface area contributed by atoms with Gasteiger partial charge in [-0.2, -0.15) is 0 Å². The Kier molecular flexibility index (Phi) is 20.2. The van der Waals surface area contributed by atoms with Crippen molar-refractivity contribution in [3.05, 3.63) is 23.3 Å². The van der Waals surface area contributed by atoms with Crippen LogP contribution in [0.2, 0.25) is 0 Å². The molecule has 0 unspecified atom stereocenters. The molecule has 0 aromatic carbocycles. The van der Waals surface area contributed by atoms with E-state index in [0.717, 1.165) is 150 Å². The zero-order valence-electron chi connectivity index (χ0n) is 51.0. The largest absolute Gasteiger partial charge is 0.480 e. The van der Waals surface area contributed by atoms with E-state index in [0.29, 0.717) is 28.2 Å². The number of carboxylic acids is 1. The first-order chi connectivity index (χ1) is 36.3. The Morgan fingerprint density at radius 1 is 0.597 bits per heavy atom. The number of likely N-dealkylation sites (tertiary alicyclic amines) is 2. The predicted molar refractivity (Wildman–Crippen MR) is 313 cm³/mol. The van der Waals surface area contributed by atoms with Crippen LogP contribution in [0.4, 0.5) is 0 Å². The molecule has 0 amide bonds. The number of aliphatic hydroxyl groups is 3. The lowest BCUT2D eigenvalue weighted by molar-refractivity contribution is -0.153. The fourth-order valence-electron chi connectivity index (χ4n) is 20.3. The zero-order chi connectivity index (χ0) is 55.6. The summed E-state index contributed by atoms with van der Waals surface area (Å²) in [6.45, 7) is 27.9. The summed E-state index contributed by atoms with van der Waals surface area (Å²) in [5, 5.41) is 38.9. The minimum atomic E-state index is -0.707. The van der Waals surface area contributed by atoms with Crippen LogP contribution < -0.4 is 0 Å². The van der Waals surface area contributed by atoms with E-state index in [1.807, 2.05) is 32.6 Å². The standard InChI is InChI=1S/C34H57NO3.C27H46O2.C7H13NO2/c1-24(10-9-17-32(2,3)37)28-13-14-29-27-12-11-25-22-26(38-31(36)23-35-20-7-6-8-21-35)15-18-33(25,4)30(27)16-19-34(28,29)5;1-18(7-6-14-25(2,3)29)22-10-11-23-21-9-8-19-17-20(28)12-15-26(19,4)24(21)13-16-27(22,23)5;9-7(10)6-8-4-2-1-3-5-8/h11,24,26-30,37H,6-10,12-23H2,1-5H3;8,18,20-24,28-29H,6-7,9-17H2,1-5H3;1-6H2,(H,9,10)/t24-,26+,27+,28-,29+,30+,33+,34-;18-,20+,21+,22-,23+,24+,26+,27-;/m11./s1. The number of carbonyl (C=O) groups is 2. The van der Waals surface area contributed by atoms with E-state index in [9.17, 15) is 24.9 Å². The topological polar surface area (TPSA) is 131 Å². The molecule has 8 fully saturated rings. The van der Waals surface area contributed by atoms with Crippen molar-refractivity contribution >= 4 is 11.9 Å². The van der Waals surface area contributed by atoms with Gasteiger partial charge in [-0.25, -0.2) is 0 Å². The molecule has 0 radical (unpaired) electrons. The molecule has 6 saturated carbocycles. The second-order valence-corrected chi connectivity index (χ2v) is 30.7. The number of carbonyl (C=O) groups excluding carboxylic acids is 1. The van der Waals surface area contributed by atoms with Gasteiger partial charge in [-0.3, -0.25) is 19.4 Å². The summed E-state index contributed by atoms with van der Waals surface area (Å²) in [6, 6.07) is 0. The highest BCUT2D eigenvalue weighted by atomic mass is 16.5. The van der Waals surface area contributed by atoms with E-state index in [1.165, 1.54) is 116 Å². The summed E-state index contributed by atoms with van der Waals surface area (Å²) >= 11 is 0. The van der Waals surface area contributed by atoms with Crippen molar-refractivity contribution in [1.82, 2.24) is 9.80 Å². The number of fused-ring (bicyclic) bond motifs is 10. The number of hydrogen-bond donors (Lipinski definition) is 4. The van der Waals surface area contributed by atoms with E-state index in [-0.39, 0.29) is 24.7 Å². The first kappa shape index (κ1) is 61.3. The highest BCUT2D eigenvalue weighted by molar-refractivity contribution is 5.72. The number of carboxylic acid groups (broad SMARTS) is 1. The molecule has 2 saturated heterocycles. The summed E-state index contributed by atoms with van der Waals surface area (Å²) in [5.41, 5.74) is 3.82. The average molecular weight is 1070 g/mol. The van der Waals surface area contributed by atoms with Crippen LogP contribution in [0.3, 0.4) is 0 Å². The Hall–Kier alpha value is -1.78. The SMILES string of the molecule is C[C@H](CCCC(C)(C)O)[C@H]1CC[C@H]2[C@@H]3CC=C4C[C@@H](O)CC[C@]4(C)[C@H]3CC[C@]12C.C[C@H](CCCC(C)(C)O)[C@H]1CC[C@H]2[C@@H]3CC=C4C[C@@H](OC(=O)CN5CCCCC5)CC[C@]4(C)[C@H]3CC[C@]12C.O=C(O)CN1CCCCC1. The van der Waals surface area contributed by atoms with E-state index in [4.69, 9.17) is 9.84 Å². The summed E-state index contributed by atoms with van der Waals surface area (Å²) in [7, 11) is 0. The molecule has 10 aliphatic rings. The second kappa shape index (κ2) is 25.4. The van der Waals surface area contributed by atoms with Gasteiger partial charge in [0.05, 0.1) is 30.4 Å². The molecule has 9 heteroatoms. The molecule has 4 N–H and O–H groups in total. The number of allylic oxidation sites excluding steroid dienone is 2. The van der Waals surface area contributed by atoms with Crippen LogP contribution in [0.5, 0.6) is 0 Å². The second-order valence-electron chi connectivity index (χ2n) is 30.7. The lowest BCUT2D eigenvalue weighted by Gasteiger charge is -2.58. The van der Waals surface area contributed by atoms with Gasteiger partial charge >= 0.3 is 11.9 Å². The lowest BCUT2D eigenvalue weighted by atomic mass is 9.47. The van der Waals surface area contributed by atoms with Crippen molar-refractivity contribution in [1.29, 1.82) is 0 Å². The van der Waals surface area contributed by atoms with Crippen LogP contribution >= 0.6 is 0 Å². The fourth-order valence-corrected chi connectivity index (χ4v) is 20.3. The molecular weight excluding hydrogens is 957 g/mol. The zero-order valence-corrected chi connectivity index (χ0v) is 51.0. The molecule has 2 heterocycles. The number of esters is 1. The molecule has 10 rings (SSSR count). The molecule has 0 bridgehead atoms. The molecule has 0 aromatic heterocycles. The van der Waals surface area contributed by atoms with Crippen LogP contribution in [-0.4, -0.2) is 105 Å². The van der Waals surface area contributed by atoms with Crippen molar-refractivity contribution < 1.29 is 34.8 Å². The Bertz CT molecular complexity index is 2010. The number of rotatable bonds is 15. The fraction of sp³-hybridized carbons (Fsp3) is 0.912. The quantitative estimate of drug-likeness (QED) is 0.0935. The van der Waals surface area contributed by atoms with Crippen molar-refractivity contribution in [3.8, 4) is 0 Å². The summed E-state index contributed by atoms with van der Waals surface area (Å²) < 4.78 is 6.07. The van der Waals surface area contributed by atoms with E-state index in [1.54, 1.807) is 11.1 Å². The first-order valence-electron chi connectivity index (χ1n) is 32.7. The predicted octanol–water partition coefficient (Wildman–Crippen LogP) is 14.6. The minimum absolute atomic E-state index is 0.00288. The van der Waals surface area contributed by atoms with Crippen LogP contribution in [0.15, 0.2) is 23.3 Å². The maximum absolute atomic E-state index is 12.7. The van der Waals surface area contributed by atoms with E-state index >= 15 is 0 Å². The number of aliphatic carboxylic acids is 1. The molecule has 9 nitrogen and oxygen atoms in total. The third-order valence-corrected chi connectivity index (χ3v) is 24.5. The van der Waals surface area contributed by atoms with Gasteiger partial charge in [0.2, 0.25) is 0 Å². The van der Waals surface area contributed by atoms with Crippen LogP contribution in [0.1, 0.15) is 249 Å². The average Bonchev–Trinajstić information content (AvgIpc) is 4.03. The van der Waals surface area contributed by atoms with Gasteiger partial charge in [0.1, 0.15) is 6.10 Å². The van der Waals surface area contributed by atoms with Crippen LogP contribution in [0, 0.1) is 80.8 Å². The highest BCUT2D eigenvalue weighted by Crippen LogP contribution is 2.69. The highest BCUT2D eigenvalue weighted by Gasteiger charge is 2.61. The van der Waals surface area contributed by atoms with Crippen molar-refractivity contribution in [2.24, 2.45) is 80.8 Å². The normalized spacial score (nSPS) is 39.9. The van der Waals surface area contributed by atoms with Crippen molar-refractivity contribution in [2.45, 2.75) is 272 Å². The summed E-state index contributed by atoms with van der Waals surface area (Å²) in [6.07, 6.45) is 39.2. The van der Waals surface area contributed by atoms with Gasteiger partial charge in [0, 0.05) is 6.42 Å². The van der Waals surface area contributed by atoms with Crippen molar-refractivity contribution in [3.63, 3.8) is 0 Å². The molecule has 16 atom stereocenters. The monoisotopic (exact) mass is 1070 g/mol. The molecule has 77 heavy (non-hydrogen) atoms. The van der Waals surface area contributed by atoms with E-state index < -0.39 is 17.2 Å². The Balaban J connectivity index is 0.000000177. The Morgan fingerprint density at radius 2 is 1.04 bits per heavy atom. The summed E-state index contributed by atoms with van der Waals surface area (Å²) in [5.74, 6) is 7.61. The number of hydrogen-bond acceptors (Lipinski definition) is 8. The maximum Gasteiger partial charge on any atom is 0.320 e. The molecule has 8 aliphatic carbocycles. The third kappa shape index (κ3) is 14.4. The third-order valence-electron chi connectivity index (χ3n) is 24.5. The van der Waals surface area contributed by atoms with Gasteiger partial charge in [-0.15, -0.1) is 0 Å². The Morgan fingerprint density at radius 3 is 1.49 bits per heavy atom. The Labute approximate surface area is 470 Å². The van der Waals surface area contributed by atoms with Crippen molar-refractivity contribution in [2.75, 3.05) is 39.3 Å². The van der Waals surface area contributed by atoms with Gasteiger partial charge in [0.25, 0.3) is 0 Å². The number of piperidine rings is 2. The number of aliphatic hydroxyl groups excluding tert-OH is 1. The van der Waals surface area contributed by atoms with E-state index in [2.05, 4.69) is 58.6 Å².